The van der Waals surface area contributed by atoms with Crippen LogP contribution in [-0.4, -0.2) is 31.1 Å². The van der Waals surface area contributed by atoms with Crippen LogP contribution in [0.2, 0.25) is 0 Å². The molecule has 0 saturated heterocycles. The summed E-state index contributed by atoms with van der Waals surface area (Å²) in [6, 6.07) is 0.00541. The molecule has 2 N–H and O–H groups in total. The van der Waals surface area contributed by atoms with E-state index in [1.807, 2.05) is 6.26 Å². The molecule has 108 valence electrons. The molecule has 0 bridgehead atoms. The minimum atomic E-state index is -3.53. The molecule has 1 aromatic rings. The molecule has 1 aliphatic rings. The number of hydrogen-bond donors (Lipinski definition) is 2. The van der Waals surface area contributed by atoms with Gasteiger partial charge >= 0.3 is 0 Å². The monoisotopic (exact) mass is 321 g/mol. The van der Waals surface area contributed by atoms with Gasteiger partial charge in [-0.3, -0.25) is 0 Å². The number of aliphatic hydroxyl groups excluding tert-OH is 1. The van der Waals surface area contributed by atoms with Gasteiger partial charge in [-0.1, -0.05) is 6.42 Å². The van der Waals surface area contributed by atoms with Gasteiger partial charge in [-0.05, 0) is 37.0 Å². The maximum absolute atomic E-state index is 12.5. The lowest BCUT2D eigenvalue weighted by molar-refractivity contribution is 0.282. The van der Waals surface area contributed by atoms with Gasteiger partial charge in [-0.15, -0.1) is 11.3 Å². The van der Waals surface area contributed by atoms with Gasteiger partial charge in [0, 0.05) is 11.3 Å². The zero-order valence-corrected chi connectivity index (χ0v) is 13.5. The summed E-state index contributed by atoms with van der Waals surface area (Å²) in [5, 5.41) is 11.4. The average molecular weight is 321 g/mol. The molecule has 4 nitrogen and oxygen atoms in total. The molecule has 2 atom stereocenters. The molecule has 2 rings (SSSR count). The van der Waals surface area contributed by atoms with Gasteiger partial charge < -0.3 is 5.11 Å². The van der Waals surface area contributed by atoms with E-state index in [1.54, 1.807) is 24.1 Å². The first-order chi connectivity index (χ1) is 8.99. The largest absolute Gasteiger partial charge is 0.391 e. The fourth-order valence-corrected chi connectivity index (χ4v) is 6.55. The minimum Gasteiger partial charge on any atom is -0.391 e. The lowest BCUT2D eigenvalue weighted by Gasteiger charge is -2.19. The molecule has 1 saturated carbocycles. The number of rotatable bonds is 5. The number of aliphatic hydroxyl groups is 1. The first kappa shape index (κ1) is 15.3. The Kier molecular flexibility index (Phi) is 4.94. The van der Waals surface area contributed by atoms with Crippen LogP contribution >= 0.6 is 23.1 Å². The Labute approximate surface area is 122 Å². The van der Waals surface area contributed by atoms with Crippen molar-refractivity contribution < 1.29 is 13.5 Å². The normalized spacial score (nSPS) is 23.9. The Balaban J connectivity index is 2.25. The van der Waals surface area contributed by atoms with Crippen LogP contribution in [0.25, 0.3) is 0 Å². The fourth-order valence-electron chi connectivity index (χ4n) is 2.56. The second-order valence-corrected chi connectivity index (χ2v) is 8.45. The van der Waals surface area contributed by atoms with Crippen LogP contribution in [0.5, 0.6) is 0 Å². The third-order valence-electron chi connectivity index (χ3n) is 3.46. The van der Waals surface area contributed by atoms with Crippen molar-refractivity contribution in [2.24, 2.45) is 0 Å². The Hall–Kier alpha value is -0.0800. The standard InChI is InChI=1S/C12H19NO3S3/c1-8-7-18-11(6-14)12(8)19(15,16)13-9-4-3-5-10(9)17-2/h7,9-10,13-14H,3-6H2,1-2H3. The second-order valence-electron chi connectivity index (χ2n) is 4.76. The summed E-state index contributed by atoms with van der Waals surface area (Å²) >= 11 is 3.01. The van der Waals surface area contributed by atoms with Gasteiger partial charge in [0.25, 0.3) is 0 Å². The van der Waals surface area contributed by atoms with E-state index in [0.29, 0.717) is 15.7 Å². The highest BCUT2D eigenvalue weighted by atomic mass is 32.2. The van der Waals surface area contributed by atoms with Gasteiger partial charge in [-0.25, -0.2) is 13.1 Å². The number of thioether (sulfide) groups is 1. The van der Waals surface area contributed by atoms with Crippen LogP contribution < -0.4 is 4.72 Å². The van der Waals surface area contributed by atoms with Gasteiger partial charge in [0.05, 0.1) is 11.5 Å². The van der Waals surface area contributed by atoms with Crippen molar-refractivity contribution in [1.82, 2.24) is 4.72 Å². The molecule has 1 heterocycles. The van der Waals surface area contributed by atoms with Crippen LogP contribution in [0, 0.1) is 6.92 Å². The van der Waals surface area contributed by atoms with Gasteiger partial charge in [0.15, 0.2) is 0 Å². The molecule has 0 aliphatic heterocycles. The van der Waals surface area contributed by atoms with Crippen molar-refractivity contribution in [3.8, 4) is 0 Å². The van der Waals surface area contributed by atoms with Crippen molar-refractivity contribution in [2.45, 2.75) is 49.0 Å². The van der Waals surface area contributed by atoms with Crippen molar-refractivity contribution in [3.63, 3.8) is 0 Å². The van der Waals surface area contributed by atoms with Gasteiger partial charge in [-0.2, -0.15) is 11.8 Å². The topological polar surface area (TPSA) is 66.4 Å². The average Bonchev–Trinajstić information content (AvgIpc) is 2.94. The van der Waals surface area contributed by atoms with Crippen LogP contribution in [0.4, 0.5) is 0 Å². The Bertz CT molecular complexity index is 538. The predicted molar refractivity (Wildman–Crippen MR) is 80.2 cm³/mol. The molecular weight excluding hydrogens is 302 g/mol. The zero-order chi connectivity index (χ0) is 14.0. The molecule has 2 unspecified atom stereocenters. The summed E-state index contributed by atoms with van der Waals surface area (Å²) in [5.74, 6) is 0. The Morgan fingerprint density at radius 3 is 2.89 bits per heavy atom. The Morgan fingerprint density at radius 1 is 1.53 bits per heavy atom. The third-order valence-corrected chi connectivity index (χ3v) is 7.57. The van der Waals surface area contributed by atoms with Crippen LogP contribution in [0.1, 0.15) is 29.7 Å². The highest BCUT2D eigenvalue weighted by molar-refractivity contribution is 7.99. The maximum atomic E-state index is 12.5. The number of sulfonamides is 1. The first-order valence-electron chi connectivity index (χ1n) is 6.22. The molecule has 19 heavy (non-hydrogen) atoms. The van der Waals surface area contributed by atoms with Crippen LogP contribution in [0.3, 0.4) is 0 Å². The van der Waals surface area contributed by atoms with Crippen LogP contribution in [-0.2, 0) is 16.6 Å². The number of nitrogens with one attached hydrogen (secondary N) is 1. The van der Waals surface area contributed by atoms with E-state index in [1.165, 1.54) is 11.3 Å². The van der Waals surface area contributed by atoms with E-state index < -0.39 is 10.0 Å². The summed E-state index contributed by atoms with van der Waals surface area (Å²) in [6.45, 7) is 1.54. The smallest absolute Gasteiger partial charge is 0.242 e. The van der Waals surface area contributed by atoms with Gasteiger partial charge in [0.1, 0.15) is 4.90 Å². The predicted octanol–water partition coefficient (Wildman–Crippen LogP) is 2.11. The Morgan fingerprint density at radius 2 is 2.26 bits per heavy atom. The molecule has 1 aliphatic carbocycles. The summed E-state index contributed by atoms with van der Waals surface area (Å²) < 4.78 is 27.8. The first-order valence-corrected chi connectivity index (χ1v) is 9.87. The number of aryl methyl sites for hydroxylation is 1. The molecule has 0 amide bonds. The highest BCUT2D eigenvalue weighted by Crippen LogP contribution is 2.32. The van der Waals surface area contributed by atoms with Crippen molar-refractivity contribution in [2.75, 3.05) is 6.26 Å². The number of thiophene rings is 1. The third kappa shape index (κ3) is 3.16. The summed E-state index contributed by atoms with van der Waals surface area (Å²) in [7, 11) is -3.53. The van der Waals surface area contributed by atoms with Crippen LogP contribution in [0.15, 0.2) is 10.3 Å². The van der Waals surface area contributed by atoms with Crippen molar-refractivity contribution in [3.05, 3.63) is 15.8 Å². The van der Waals surface area contributed by atoms with E-state index in [9.17, 15) is 13.5 Å². The molecule has 7 heteroatoms. The van der Waals surface area contributed by atoms with E-state index in [-0.39, 0.29) is 17.5 Å². The molecule has 1 aromatic heterocycles. The van der Waals surface area contributed by atoms with E-state index in [4.69, 9.17) is 0 Å². The summed E-state index contributed by atoms with van der Waals surface area (Å²) in [6.07, 6.45) is 5.03. The maximum Gasteiger partial charge on any atom is 0.242 e. The summed E-state index contributed by atoms with van der Waals surface area (Å²) in [5.41, 5.74) is 0.709. The zero-order valence-electron chi connectivity index (χ0n) is 11.0. The second kappa shape index (κ2) is 6.13. The lowest BCUT2D eigenvalue weighted by atomic mass is 10.3. The highest BCUT2D eigenvalue weighted by Gasteiger charge is 2.32. The van der Waals surface area contributed by atoms with E-state index >= 15 is 0 Å². The minimum absolute atomic E-state index is 0.00541. The van der Waals surface area contributed by atoms with Crippen molar-refractivity contribution in [1.29, 1.82) is 0 Å². The molecule has 0 radical (unpaired) electrons. The van der Waals surface area contributed by atoms with Gasteiger partial charge in [0.2, 0.25) is 10.0 Å². The molecule has 0 spiro atoms. The lowest BCUT2D eigenvalue weighted by Crippen LogP contribution is -2.38. The SMILES string of the molecule is CSC1CCCC1NS(=O)(=O)c1c(C)csc1CO. The fraction of sp³-hybridized carbons (Fsp3) is 0.667. The summed E-state index contributed by atoms with van der Waals surface area (Å²) in [4.78, 5) is 0.787. The van der Waals surface area contributed by atoms with E-state index in [0.717, 1.165) is 19.3 Å². The molecule has 0 aromatic carbocycles. The molecular formula is C12H19NO3S3. The quantitative estimate of drug-likeness (QED) is 0.872. The number of hydrogen-bond acceptors (Lipinski definition) is 5. The van der Waals surface area contributed by atoms with E-state index in [2.05, 4.69) is 4.72 Å². The molecule has 1 fully saturated rings. The van der Waals surface area contributed by atoms with Crippen molar-refractivity contribution >= 4 is 33.1 Å².